The van der Waals surface area contributed by atoms with Crippen molar-refractivity contribution in [1.29, 1.82) is 0 Å². The number of hydrogen-bond donors (Lipinski definition) is 3. The molecule has 3 N–H and O–H groups in total. The number of nitrogens with one attached hydrogen (secondary N) is 3. The van der Waals surface area contributed by atoms with E-state index in [1.54, 1.807) is 41.8 Å². The van der Waals surface area contributed by atoms with Gasteiger partial charge in [-0.3, -0.25) is 9.59 Å². The summed E-state index contributed by atoms with van der Waals surface area (Å²) in [5.74, 6) is -1.60. The molecule has 0 spiro atoms. The normalized spacial score (nSPS) is 12.6. The number of rotatable bonds is 8. The lowest BCUT2D eigenvalue weighted by atomic mass is 10.2. The van der Waals surface area contributed by atoms with Gasteiger partial charge in [-0.1, -0.05) is 23.8 Å². The van der Waals surface area contributed by atoms with Gasteiger partial charge in [0.25, 0.3) is 0 Å². The van der Waals surface area contributed by atoms with Gasteiger partial charge >= 0.3 is 11.8 Å². The summed E-state index contributed by atoms with van der Waals surface area (Å²) in [5, 5.41) is 5.82. The molecule has 0 aliphatic heterocycles. The second-order valence-corrected chi connectivity index (χ2v) is 9.89. The summed E-state index contributed by atoms with van der Waals surface area (Å²) >= 11 is 1.30. The summed E-state index contributed by atoms with van der Waals surface area (Å²) in [6.07, 6.45) is 0. The lowest BCUT2D eigenvalue weighted by Gasteiger charge is -2.17. The molecular formula is C19H26N3O4S2+. The van der Waals surface area contributed by atoms with E-state index in [-0.39, 0.29) is 11.4 Å². The Hall–Kier alpha value is -2.23. The molecule has 0 bridgehead atoms. The predicted octanol–water partition coefficient (Wildman–Crippen LogP) is -0.0516. The molecule has 2 amide bonds. The highest BCUT2D eigenvalue weighted by Gasteiger charge is 2.31. The fraction of sp³-hybridized carbons (Fsp3) is 0.368. The molecule has 28 heavy (non-hydrogen) atoms. The summed E-state index contributed by atoms with van der Waals surface area (Å²) < 4.78 is 26.2. The molecule has 0 saturated heterocycles. The summed E-state index contributed by atoms with van der Waals surface area (Å²) in [5.41, 5.74) is 0.955. The third-order valence-electron chi connectivity index (χ3n) is 4.15. The Bertz CT molecular complexity index is 892. The molecule has 2 rings (SSSR count). The first-order valence-corrected chi connectivity index (χ1v) is 11.3. The minimum absolute atomic E-state index is 0.179. The maximum atomic E-state index is 13.1. The monoisotopic (exact) mass is 424 g/mol. The van der Waals surface area contributed by atoms with Gasteiger partial charge in [-0.25, -0.2) is 8.42 Å². The first-order chi connectivity index (χ1) is 13.2. The zero-order chi connectivity index (χ0) is 20.7. The van der Waals surface area contributed by atoms with Gasteiger partial charge < -0.3 is 15.5 Å². The summed E-state index contributed by atoms with van der Waals surface area (Å²) in [7, 11) is 0.147. The molecule has 9 heteroatoms. The molecule has 0 aliphatic carbocycles. The van der Waals surface area contributed by atoms with Crippen LogP contribution in [0.1, 0.15) is 15.7 Å². The van der Waals surface area contributed by atoms with Crippen LogP contribution in [0.5, 0.6) is 0 Å². The van der Waals surface area contributed by atoms with E-state index in [0.29, 0.717) is 18.0 Å². The van der Waals surface area contributed by atoms with Crippen molar-refractivity contribution in [2.75, 3.05) is 33.7 Å². The largest absolute Gasteiger partial charge is 0.346 e. The summed E-state index contributed by atoms with van der Waals surface area (Å²) in [6, 6.07) is 10.1. The SMILES string of the molecule is Cc1ccc(S(=O)(=O)[C@@H](CNC(=O)C(=O)NCC[NH+](C)C)c2cccs2)cc1. The Morgan fingerprint density at radius 3 is 2.29 bits per heavy atom. The van der Waals surface area contributed by atoms with Crippen molar-refractivity contribution in [3.63, 3.8) is 0 Å². The van der Waals surface area contributed by atoms with Gasteiger partial charge in [0.15, 0.2) is 9.84 Å². The highest BCUT2D eigenvalue weighted by molar-refractivity contribution is 7.91. The molecular weight excluding hydrogens is 398 g/mol. The first-order valence-electron chi connectivity index (χ1n) is 8.91. The smallest absolute Gasteiger partial charge is 0.309 e. The predicted molar refractivity (Wildman–Crippen MR) is 109 cm³/mol. The third kappa shape index (κ3) is 5.88. The van der Waals surface area contributed by atoms with Crippen molar-refractivity contribution in [2.24, 2.45) is 0 Å². The lowest BCUT2D eigenvalue weighted by Crippen LogP contribution is -3.06. The van der Waals surface area contributed by atoms with E-state index in [0.717, 1.165) is 10.5 Å². The number of benzene rings is 1. The molecule has 7 nitrogen and oxygen atoms in total. The van der Waals surface area contributed by atoms with Crippen LogP contribution in [0.4, 0.5) is 0 Å². The highest BCUT2D eigenvalue weighted by Crippen LogP contribution is 2.31. The van der Waals surface area contributed by atoms with Crippen LogP contribution < -0.4 is 15.5 Å². The zero-order valence-electron chi connectivity index (χ0n) is 16.2. The minimum atomic E-state index is -3.73. The topological polar surface area (TPSA) is 96.8 Å². The second-order valence-electron chi connectivity index (χ2n) is 6.79. The minimum Gasteiger partial charge on any atom is -0.346 e. The molecule has 2 aromatic rings. The Kier molecular flexibility index (Phi) is 7.73. The van der Waals surface area contributed by atoms with E-state index in [1.165, 1.54) is 11.3 Å². The Morgan fingerprint density at radius 2 is 1.71 bits per heavy atom. The molecule has 1 aromatic carbocycles. The van der Waals surface area contributed by atoms with Crippen molar-refractivity contribution >= 4 is 33.0 Å². The molecule has 1 heterocycles. The number of hydrogen-bond acceptors (Lipinski definition) is 5. The Labute approximate surface area is 169 Å². The van der Waals surface area contributed by atoms with Crippen LogP contribution >= 0.6 is 11.3 Å². The number of carbonyl (C=O) groups is 2. The van der Waals surface area contributed by atoms with Crippen LogP contribution in [0.2, 0.25) is 0 Å². The molecule has 0 saturated carbocycles. The number of carbonyl (C=O) groups excluding carboxylic acids is 2. The first kappa shape index (κ1) is 22.1. The van der Waals surface area contributed by atoms with E-state index in [2.05, 4.69) is 10.6 Å². The zero-order valence-corrected chi connectivity index (χ0v) is 17.8. The molecule has 1 atom stereocenters. The van der Waals surface area contributed by atoms with Crippen LogP contribution in [0.25, 0.3) is 0 Å². The van der Waals surface area contributed by atoms with Crippen molar-refractivity contribution in [3.05, 3.63) is 52.2 Å². The molecule has 152 valence electrons. The van der Waals surface area contributed by atoms with Crippen LogP contribution in [-0.2, 0) is 19.4 Å². The summed E-state index contributed by atoms with van der Waals surface area (Å²) in [4.78, 5) is 25.9. The van der Waals surface area contributed by atoms with Crippen molar-refractivity contribution in [3.8, 4) is 0 Å². The van der Waals surface area contributed by atoms with E-state index >= 15 is 0 Å². The van der Waals surface area contributed by atoms with Crippen molar-refractivity contribution in [2.45, 2.75) is 17.1 Å². The highest BCUT2D eigenvalue weighted by atomic mass is 32.2. The Morgan fingerprint density at radius 1 is 1.07 bits per heavy atom. The van der Waals surface area contributed by atoms with Gasteiger partial charge in [0, 0.05) is 11.4 Å². The number of thiophene rings is 1. The van der Waals surface area contributed by atoms with Gasteiger partial charge in [0.1, 0.15) is 5.25 Å². The van der Waals surface area contributed by atoms with E-state index in [9.17, 15) is 18.0 Å². The van der Waals surface area contributed by atoms with Crippen LogP contribution in [0.3, 0.4) is 0 Å². The van der Waals surface area contributed by atoms with Crippen LogP contribution in [-0.4, -0.2) is 54.0 Å². The van der Waals surface area contributed by atoms with Crippen LogP contribution in [0.15, 0.2) is 46.7 Å². The fourth-order valence-electron chi connectivity index (χ4n) is 2.50. The maximum absolute atomic E-state index is 13.1. The molecule has 1 aromatic heterocycles. The molecule has 0 radical (unpaired) electrons. The van der Waals surface area contributed by atoms with E-state index in [4.69, 9.17) is 0 Å². The number of amides is 2. The number of quaternary nitrogens is 1. The quantitative estimate of drug-likeness (QED) is 0.518. The maximum Gasteiger partial charge on any atom is 0.309 e. The molecule has 0 aliphatic rings. The molecule has 0 fully saturated rings. The average Bonchev–Trinajstić information content (AvgIpc) is 3.15. The molecule has 0 unspecified atom stereocenters. The average molecular weight is 425 g/mol. The fourth-order valence-corrected chi connectivity index (χ4v) is 5.29. The number of sulfone groups is 1. The van der Waals surface area contributed by atoms with Crippen molar-refractivity contribution in [1.82, 2.24) is 10.6 Å². The summed E-state index contributed by atoms with van der Waals surface area (Å²) in [6.45, 7) is 2.74. The van der Waals surface area contributed by atoms with Gasteiger partial charge in [0.2, 0.25) is 0 Å². The van der Waals surface area contributed by atoms with Gasteiger partial charge in [-0.2, -0.15) is 0 Å². The van der Waals surface area contributed by atoms with Gasteiger partial charge in [-0.05, 0) is 30.5 Å². The standard InChI is InChI=1S/C19H25N3O4S2/c1-14-6-8-15(9-7-14)28(25,26)17(16-5-4-12-27-16)13-21-19(24)18(23)20-10-11-22(2)3/h4-9,12,17H,10-11,13H2,1-3H3,(H,20,23)(H,21,24)/p+1/t17-/m0/s1. The van der Waals surface area contributed by atoms with E-state index in [1.807, 2.05) is 21.0 Å². The number of likely N-dealkylation sites (N-methyl/N-ethyl adjacent to an activating group) is 1. The van der Waals surface area contributed by atoms with E-state index < -0.39 is 26.9 Å². The van der Waals surface area contributed by atoms with Gasteiger partial charge in [0.05, 0.1) is 32.1 Å². The van der Waals surface area contributed by atoms with Crippen LogP contribution in [0, 0.1) is 6.92 Å². The second kappa shape index (κ2) is 9.81. The van der Waals surface area contributed by atoms with Crippen molar-refractivity contribution < 1.29 is 22.9 Å². The van der Waals surface area contributed by atoms with Gasteiger partial charge in [-0.15, -0.1) is 11.3 Å². The number of aryl methyl sites for hydroxylation is 1. The third-order valence-corrected chi connectivity index (χ3v) is 7.38. The lowest BCUT2D eigenvalue weighted by molar-refractivity contribution is -0.856. The Balaban J connectivity index is 2.11.